The molecule has 4 aromatic carbocycles. The largest absolute Gasteiger partial charge is 0.207 e. The Bertz CT molecular complexity index is 1550. The summed E-state index contributed by atoms with van der Waals surface area (Å²) in [6, 6.07) is 15.3. The maximum absolute atomic E-state index is 14.7. The molecule has 0 radical (unpaired) electrons. The first-order chi connectivity index (χ1) is 20.1. The molecule has 0 N–H and O–H groups in total. The Morgan fingerprint density at radius 2 is 1.21 bits per heavy atom. The average Bonchev–Trinajstić information content (AvgIpc) is 2.91. The standard InChI is InChI=1S/C36H32F6/c1-23(14-25-10-12-33(35(41)15-25)27-16-29(37)21-30(38)17-27)8-6-4-3-5-7-9-24(2)26-11-13-34(36(42)20-26)28-18-31(39)22-32(40)19-28/h7,9-13,15-22,24H,1,3-6,8,14H2,2H3/b9-7+. The van der Waals surface area contributed by atoms with Crippen LogP contribution in [0.2, 0.25) is 0 Å². The molecule has 42 heavy (non-hydrogen) atoms. The van der Waals surface area contributed by atoms with Crippen molar-refractivity contribution >= 4 is 0 Å². The molecular weight excluding hydrogens is 546 g/mol. The molecule has 4 aromatic rings. The molecule has 4 rings (SSSR count). The third kappa shape index (κ3) is 8.48. The van der Waals surface area contributed by atoms with Crippen LogP contribution in [0, 0.1) is 34.9 Å². The topological polar surface area (TPSA) is 0 Å². The van der Waals surface area contributed by atoms with Crippen molar-refractivity contribution in [2.24, 2.45) is 0 Å². The Kier molecular flexibility index (Phi) is 10.5. The summed E-state index contributed by atoms with van der Waals surface area (Å²) in [5, 5.41) is 0. The lowest BCUT2D eigenvalue weighted by molar-refractivity contribution is 0.582. The summed E-state index contributed by atoms with van der Waals surface area (Å²) < 4.78 is 83.4. The van der Waals surface area contributed by atoms with Gasteiger partial charge in [0.1, 0.15) is 34.9 Å². The van der Waals surface area contributed by atoms with E-state index in [1.165, 1.54) is 18.2 Å². The first kappa shape index (κ1) is 30.9. The molecule has 6 heteroatoms. The van der Waals surface area contributed by atoms with E-state index in [0.29, 0.717) is 6.42 Å². The van der Waals surface area contributed by atoms with E-state index in [1.54, 1.807) is 18.2 Å². The number of hydrogen-bond donors (Lipinski definition) is 0. The maximum atomic E-state index is 14.7. The van der Waals surface area contributed by atoms with Crippen LogP contribution in [-0.2, 0) is 6.42 Å². The summed E-state index contributed by atoms with van der Waals surface area (Å²) in [7, 11) is 0. The lowest BCUT2D eigenvalue weighted by Crippen LogP contribution is -1.94. The summed E-state index contributed by atoms with van der Waals surface area (Å²) in [4.78, 5) is 0. The molecule has 218 valence electrons. The van der Waals surface area contributed by atoms with Crippen LogP contribution in [0.3, 0.4) is 0 Å². The van der Waals surface area contributed by atoms with Crippen molar-refractivity contribution in [1.82, 2.24) is 0 Å². The number of rotatable bonds is 12. The second kappa shape index (κ2) is 14.2. The van der Waals surface area contributed by atoms with Gasteiger partial charge in [0.2, 0.25) is 0 Å². The van der Waals surface area contributed by atoms with E-state index in [4.69, 9.17) is 0 Å². The fourth-order valence-corrected chi connectivity index (χ4v) is 4.97. The van der Waals surface area contributed by atoms with Crippen molar-refractivity contribution in [1.29, 1.82) is 0 Å². The van der Waals surface area contributed by atoms with Gasteiger partial charge >= 0.3 is 0 Å². The van der Waals surface area contributed by atoms with Crippen LogP contribution in [0.4, 0.5) is 26.3 Å². The van der Waals surface area contributed by atoms with Gasteiger partial charge in [-0.1, -0.05) is 61.9 Å². The number of halogens is 6. The molecule has 0 amide bonds. The predicted molar refractivity (Wildman–Crippen MR) is 157 cm³/mol. The van der Waals surface area contributed by atoms with Crippen LogP contribution in [0.1, 0.15) is 56.1 Å². The highest BCUT2D eigenvalue weighted by Gasteiger charge is 2.12. The van der Waals surface area contributed by atoms with Crippen molar-refractivity contribution in [3.8, 4) is 22.3 Å². The van der Waals surface area contributed by atoms with E-state index in [9.17, 15) is 26.3 Å². The fourth-order valence-electron chi connectivity index (χ4n) is 4.97. The van der Waals surface area contributed by atoms with E-state index in [2.05, 4.69) is 12.7 Å². The lowest BCUT2D eigenvalue weighted by atomic mass is 9.96. The quantitative estimate of drug-likeness (QED) is 0.0891. The zero-order valence-electron chi connectivity index (χ0n) is 23.4. The van der Waals surface area contributed by atoms with Gasteiger partial charge in [-0.2, -0.15) is 0 Å². The van der Waals surface area contributed by atoms with E-state index in [1.807, 2.05) is 13.0 Å². The van der Waals surface area contributed by atoms with E-state index in [-0.39, 0.29) is 28.2 Å². The number of hydrogen-bond acceptors (Lipinski definition) is 0. The van der Waals surface area contributed by atoms with Gasteiger partial charge in [0.25, 0.3) is 0 Å². The predicted octanol–water partition coefficient (Wildman–Crippen LogP) is 11.3. The highest BCUT2D eigenvalue weighted by molar-refractivity contribution is 5.65. The van der Waals surface area contributed by atoms with Crippen LogP contribution >= 0.6 is 0 Å². The van der Waals surface area contributed by atoms with Crippen molar-refractivity contribution in [2.75, 3.05) is 0 Å². The Balaban J connectivity index is 1.19. The molecule has 0 aliphatic carbocycles. The molecule has 0 aliphatic rings. The monoisotopic (exact) mass is 578 g/mol. The summed E-state index contributed by atoms with van der Waals surface area (Å²) in [6.45, 7) is 6.07. The van der Waals surface area contributed by atoms with Crippen LogP contribution in [0.15, 0.2) is 97.1 Å². The Labute approximate surface area is 243 Å². The molecule has 0 saturated heterocycles. The second-order valence-corrected chi connectivity index (χ2v) is 10.6. The normalized spacial score (nSPS) is 12.2. The van der Waals surface area contributed by atoms with Crippen molar-refractivity contribution in [2.45, 2.75) is 51.4 Å². The minimum atomic E-state index is -0.754. The SMILES string of the molecule is C=C(CCCCC/C=C/C(C)c1ccc(-c2cc(F)cc(F)c2)c(F)c1)Cc1ccc(-c2cc(F)cc(F)c2)c(F)c1. The molecule has 0 bridgehead atoms. The molecule has 0 heterocycles. The molecular formula is C36H32F6. The van der Waals surface area contributed by atoms with Gasteiger partial charge in [0.05, 0.1) is 0 Å². The molecule has 1 unspecified atom stereocenters. The summed E-state index contributed by atoms with van der Waals surface area (Å²) >= 11 is 0. The van der Waals surface area contributed by atoms with Gasteiger partial charge in [0, 0.05) is 23.3 Å². The zero-order valence-corrected chi connectivity index (χ0v) is 23.4. The van der Waals surface area contributed by atoms with Crippen LogP contribution in [-0.4, -0.2) is 0 Å². The van der Waals surface area contributed by atoms with Crippen LogP contribution < -0.4 is 0 Å². The van der Waals surface area contributed by atoms with Gasteiger partial charge in [-0.3, -0.25) is 0 Å². The van der Waals surface area contributed by atoms with E-state index < -0.39 is 34.9 Å². The van der Waals surface area contributed by atoms with E-state index in [0.717, 1.165) is 85.2 Å². The minimum Gasteiger partial charge on any atom is -0.207 e. The first-order valence-electron chi connectivity index (χ1n) is 13.9. The van der Waals surface area contributed by atoms with Crippen molar-refractivity contribution in [3.05, 3.63) is 143 Å². The molecule has 0 fully saturated rings. The fraction of sp³-hybridized carbons (Fsp3) is 0.222. The van der Waals surface area contributed by atoms with Gasteiger partial charge in [-0.25, -0.2) is 26.3 Å². The van der Waals surface area contributed by atoms with E-state index >= 15 is 0 Å². The zero-order chi connectivity index (χ0) is 30.2. The molecule has 0 aliphatic heterocycles. The van der Waals surface area contributed by atoms with Gasteiger partial charge in [-0.05, 0) is 96.7 Å². The van der Waals surface area contributed by atoms with Crippen molar-refractivity contribution < 1.29 is 26.3 Å². The third-order valence-corrected chi connectivity index (χ3v) is 7.18. The number of benzene rings is 4. The molecule has 0 spiro atoms. The Morgan fingerprint density at radius 1 is 0.667 bits per heavy atom. The van der Waals surface area contributed by atoms with Gasteiger partial charge < -0.3 is 0 Å². The smallest absolute Gasteiger partial charge is 0.131 e. The molecule has 0 saturated carbocycles. The highest BCUT2D eigenvalue weighted by atomic mass is 19.2. The third-order valence-electron chi connectivity index (χ3n) is 7.18. The first-order valence-corrected chi connectivity index (χ1v) is 13.9. The summed E-state index contributed by atoms with van der Waals surface area (Å²) in [5.41, 5.74) is 3.12. The maximum Gasteiger partial charge on any atom is 0.131 e. The average molecular weight is 579 g/mol. The van der Waals surface area contributed by atoms with Gasteiger partial charge in [-0.15, -0.1) is 0 Å². The highest BCUT2D eigenvalue weighted by Crippen LogP contribution is 2.29. The Morgan fingerprint density at radius 3 is 1.76 bits per heavy atom. The van der Waals surface area contributed by atoms with Crippen LogP contribution in [0.5, 0.6) is 0 Å². The van der Waals surface area contributed by atoms with Crippen LogP contribution in [0.25, 0.3) is 22.3 Å². The Hall–Kier alpha value is -4.06. The number of allylic oxidation sites excluding steroid dienone is 3. The molecule has 1 atom stereocenters. The summed E-state index contributed by atoms with van der Waals surface area (Å²) in [6.07, 6.45) is 9.20. The minimum absolute atomic E-state index is 0.0238. The van der Waals surface area contributed by atoms with Crippen molar-refractivity contribution in [3.63, 3.8) is 0 Å². The summed E-state index contributed by atoms with van der Waals surface area (Å²) in [5.74, 6) is -4.10. The molecule has 0 nitrogen and oxygen atoms in total. The lowest BCUT2D eigenvalue weighted by Gasteiger charge is -2.11. The second-order valence-electron chi connectivity index (χ2n) is 10.6. The number of unbranched alkanes of at least 4 members (excludes halogenated alkanes) is 3. The van der Waals surface area contributed by atoms with Gasteiger partial charge in [0.15, 0.2) is 0 Å². The molecule has 0 aromatic heterocycles.